The maximum absolute atomic E-state index is 12.4. The van der Waals surface area contributed by atoms with Crippen LogP contribution >= 0.6 is 8.17 Å². The number of nitrogens with zero attached hydrogens (tertiary/aromatic N) is 2. The Balaban J connectivity index is 2.05. The third-order valence-electron chi connectivity index (χ3n) is 7.59. The van der Waals surface area contributed by atoms with Gasteiger partial charge in [-0.2, -0.15) is 13.9 Å². The highest BCUT2D eigenvalue weighted by Gasteiger charge is 2.28. The number of unbranched alkanes of at least 4 members (excludes halogenated alkanes) is 14. The molecule has 0 spiro atoms. The number of phosphoric acid groups is 1. The molecule has 7 heteroatoms. The molecule has 0 radical (unpaired) electrons. The van der Waals surface area contributed by atoms with Crippen LogP contribution in [0.4, 0.5) is 5.69 Å². The van der Waals surface area contributed by atoms with Gasteiger partial charge >= 0.3 is 8.17 Å². The minimum absolute atomic E-state index is 0.202. The molecule has 0 aliphatic carbocycles. The van der Waals surface area contributed by atoms with Crippen molar-refractivity contribution in [1.29, 1.82) is 0 Å². The summed E-state index contributed by atoms with van der Waals surface area (Å²) in [5, 5.41) is 0. The van der Waals surface area contributed by atoms with Crippen molar-refractivity contribution in [3.8, 4) is 0 Å². The Morgan fingerprint density at radius 2 is 1.26 bits per heavy atom. The lowest BCUT2D eigenvalue weighted by Crippen LogP contribution is -2.33. The van der Waals surface area contributed by atoms with Gasteiger partial charge in [-0.15, -0.1) is 0 Å². The van der Waals surface area contributed by atoms with E-state index in [2.05, 4.69) is 18.7 Å². The first-order valence-electron chi connectivity index (χ1n) is 16.2. The van der Waals surface area contributed by atoms with Crippen LogP contribution in [0.25, 0.3) is 0 Å². The van der Waals surface area contributed by atoms with Crippen molar-refractivity contribution < 1.29 is 23.4 Å². The van der Waals surface area contributed by atoms with Gasteiger partial charge in [0.2, 0.25) is 0 Å². The van der Waals surface area contributed by atoms with Crippen molar-refractivity contribution in [2.24, 2.45) is 5.92 Å². The Morgan fingerprint density at radius 3 is 1.74 bits per heavy atom. The summed E-state index contributed by atoms with van der Waals surface area (Å²) in [4.78, 5) is 24.5. The zero-order valence-corrected chi connectivity index (χ0v) is 26.9. The Morgan fingerprint density at radius 1 is 0.744 bits per heavy atom. The van der Waals surface area contributed by atoms with Crippen LogP contribution < -0.4 is 14.4 Å². The summed E-state index contributed by atoms with van der Waals surface area (Å²) < 4.78 is 12.7. The highest BCUT2D eigenvalue weighted by atomic mass is 31.2. The van der Waals surface area contributed by atoms with E-state index in [1.54, 1.807) is 0 Å². The largest absolute Gasteiger partial charge is 0.606 e. The SMILES string of the molecule is CCCCCCCCCCCCCCCCCC(CCC)CO[P+]([O-])(O)OCCC[n+]1ccc(N(C)C)cc1. The van der Waals surface area contributed by atoms with Crippen molar-refractivity contribution in [2.75, 3.05) is 32.2 Å². The van der Waals surface area contributed by atoms with Gasteiger partial charge < -0.3 is 9.79 Å². The first-order valence-corrected chi connectivity index (χ1v) is 17.7. The maximum atomic E-state index is 12.4. The second-order valence-corrected chi connectivity index (χ2v) is 13.0. The van der Waals surface area contributed by atoms with Crippen molar-refractivity contribution in [3.05, 3.63) is 24.5 Å². The van der Waals surface area contributed by atoms with Crippen molar-refractivity contribution >= 4 is 13.9 Å². The van der Waals surface area contributed by atoms with Crippen LogP contribution in [0.15, 0.2) is 24.5 Å². The molecule has 1 aromatic rings. The Kier molecular flexibility index (Phi) is 22.2. The third kappa shape index (κ3) is 20.7. The molecule has 0 saturated heterocycles. The average Bonchev–Trinajstić information content (AvgIpc) is 2.92. The van der Waals surface area contributed by atoms with Crippen molar-refractivity contribution in [3.63, 3.8) is 0 Å². The highest BCUT2D eigenvalue weighted by Crippen LogP contribution is 2.48. The quantitative estimate of drug-likeness (QED) is 0.0657. The predicted octanol–water partition coefficient (Wildman–Crippen LogP) is 8.17. The summed E-state index contributed by atoms with van der Waals surface area (Å²) >= 11 is 0. The first-order chi connectivity index (χ1) is 18.9. The standard InChI is InChI=1S/C32H61N2O4P/c1-5-7-8-9-10-11-12-13-14-15-16-17-18-19-20-23-31(22-6-2)30-38-39(35,36)37-29-21-26-34-27-24-32(25-28-34)33(3)4/h24-25,27-28,31H,5-23,26,29-30H2,1-4H3/p+1. The summed E-state index contributed by atoms with van der Waals surface area (Å²) in [6.07, 6.45) is 28.3. The molecule has 2 unspecified atom stereocenters. The molecule has 6 nitrogen and oxygen atoms in total. The Hall–Kier alpha value is -0.780. The fourth-order valence-corrected chi connectivity index (χ4v) is 5.92. The van der Waals surface area contributed by atoms with Crippen LogP contribution in [-0.4, -0.2) is 32.2 Å². The molecule has 0 aliphatic heterocycles. The van der Waals surface area contributed by atoms with E-state index >= 15 is 0 Å². The summed E-state index contributed by atoms with van der Waals surface area (Å²) in [5.74, 6) is 0.326. The first kappa shape index (κ1) is 36.2. The average molecular weight is 570 g/mol. The van der Waals surface area contributed by atoms with Crippen LogP contribution in [0.2, 0.25) is 0 Å². The fourth-order valence-electron chi connectivity index (χ4n) is 5.08. The lowest BCUT2D eigenvalue weighted by molar-refractivity contribution is -0.697. The minimum Gasteiger partial charge on any atom is -0.606 e. The summed E-state index contributed by atoms with van der Waals surface area (Å²) in [6.45, 7) is 5.68. The molecule has 1 aromatic heterocycles. The topological polar surface area (TPSA) is 68.9 Å². The van der Waals surface area contributed by atoms with Crippen LogP contribution in [0.3, 0.4) is 0 Å². The van der Waals surface area contributed by atoms with Gasteiger partial charge in [0.15, 0.2) is 18.9 Å². The highest BCUT2D eigenvalue weighted by molar-refractivity contribution is 7.52. The van der Waals surface area contributed by atoms with E-state index in [0.29, 0.717) is 18.9 Å². The van der Waals surface area contributed by atoms with E-state index in [9.17, 15) is 9.79 Å². The lowest BCUT2D eigenvalue weighted by Gasteiger charge is -2.22. The summed E-state index contributed by atoms with van der Waals surface area (Å²) in [7, 11) is 0.0207. The van der Waals surface area contributed by atoms with Crippen LogP contribution in [-0.2, 0) is 15.6 Å². The second-order valence-electron chi connectivity index (χ2n) is 11.5. The molecular weight excluding hydrogens is 507 g/mol. The van der Waals surface area contributed by atoms with Gasteiger partial charge in [-0.3, -0.25) is 0 Å². The molecule has 228 valence electrons. The number of aryl methyl sites for hydroxylation is 1. The molecule has 0 amide bonds. The Bertz CT molecular complexity index is 673. The van der Waals surface area contributed by atoms with E-state index in [-0.39, 0.29) is 6.61 Å². The molecule has 1 N–H and O–H groups in total. The van der Waals surface area contributed by atoms with Crippen LogP contribution in [0.1, 0.15) is 136 Å². The number of rotatable bonds is 27. The van der Waals surface area contributed by atoms with Crippen LogP contribution in [0, 0.1) is 5.92 Å². The molecule has 39 heavy (non-hydrogen) atoms. The summed E-state index contributed by atoms with van der Waals surface area (Å²) in [6, 6.07) is 4.10. The van der Waals surface area contributed by atoms with Gasteiger partial charge in [0.25, 0.3) is 0 Å². The van der Waals surface area contributed by atoms with Gasteiger partial charge in [-0.05, 0) is 18.8 Å². The Labute approximate surface area is 242 Å². The molecular formula is C32H62N2O4P+. The number of pyridine rings is 1. The van der Waals surface area contributed by atoms with Crippen LogP contribution in [0.5, 0.6) is 0 Å². The number of phosphoric ester groups is 1. The fraction of sp³-hybridized carbons (Fsp3) is 0.844. The third-order valence-corrected chi connectivity index (χ3v) is 8.58. The normalized spacial score (nSPS) is 13.9. The summed E-state index contributed by atoms with van der Waals surface area (Å²) in [5.41, 5.74) is 1.14. The second kappa shape index (κ2) is 23.9. The monoisotopic (exact) mass is 569 g/mol. The van der Waals surface area contributed by atoms with E-state index in [1.165, 1.54) is 96.3 Å². The van der Waals surface area contributed by atoms with Gasteiger partial charge in [0.05, 0.1) is 6.61 Å². The van der Waals surface area contributed by atoms with E-state index in [4.69, 9.17) is 9.05 Å². The molecule has 2 atom stereocenters. The number of anilines is 1. The maximum Gasteiger partial charge on any atom is 0.376 e. The molecule has 0 aromatic carbocycles. The van der Waals surface area contributed by atoms with E-state index < -0.39 is 8.17 Å². The molecule has 0 fully saturated rings. The molecule has 0 saturated carbocycles. The van der Waals surface area contributed by atoms with Gasteiger partial charge in [-0.25, -0.2) is 4.57 Å². The van der Waals surface area contributed by atoms with Crippen molar-refractivity contribution in [2.45, 2.75) is 142 Å². The molecule has 1 heterocycles. The number of aromatic nitrogens is 1. The number of hydrogen-bond acceptors (Lipinski definition) is 5. The van der Waals surface area contributed by atoms with Gasteiger partial charge in [-0.1, -0.05) is 117 Å². The lowest BCUT2D eigenvalue weighted by atomic mass is 9.96. The van der Waals surface area contributed by atoms with Crippen molar-refractivity contribution in [1.82, 2.24) is 0 Å². The van der Waals surface area contributed by atoms with E-state index in [1.807, 2.05) is 43.2 Å². The van der Waals surface area contributed by atoms with Gasteiger partial charge in [0, 0.05) is 38.3 Å². The zero-order chi connectivity index (χ0) is 28.6. The smallest absolute Gasteiger partial charge is 0.376 e. The molecule has 1 rings (SSSR count). The molecule has 0 aliphatic rings. The zero-order valence-electron chi connectivity index (χ0n) is 26.0. The number of hydrogen-bond donors (Lipinski definition) is 1. The van der Waals surface area contributed by atoms with E-state index in [0.717, 1.165) is 31.5 Å². The minimum atomic E-state index is -4.00. The molecule has 0 bridgehead atoms. The van der Waals surface area contributed by atoms with Gasteiger partial charge in [0.1, 0.15) is 6.61 Å². The predicted molar refractivity (Wildman–Crippen MR) is 165 cm³/mol.